The SMILES string of the molecule is CC(=CC[P+](=O)CO)NC(=O)OC(C)(C)C. The van der Waals surface area contributed by atoms with E-state index < -0.39 is 19.5 Å². The zero-order valence-corrected chi connectivity index (χ0v) is 11.0. The number of nitrogens with one attached hydrogen (secondary N) is 1. The third-order valence-corrected chi connectivity index (χ3v) is 2.36. The minimum atomic E-state index is -1.63. The van der Waals surface area contributed by atoms with Crippen molar-refractivity contribution in [3.63, 3.8) is 0 Å². The first kappa shape index (κ1) is 15.1. The average Bonchev–Trinajstić information content (AvgIpc) is 2.10. The lowest BCUT2D eigenvalue weighted by Crippen LogP contribution is -2.31. The molecule has 0 rings (SSSR count). The van der Waals surface area contributed by atoms with Crippen molar-refractivity contribution in [1.29, 1.82) is 0 Å². The molecular formula is C10H19NO4P+. The van der Waals surface area contributed by atoms with Crippen LogP contribution in [0.3, 0.4) is 0 Å². The molecule has 6 heteroatoms. The van der Waals surface area contributed by atoms with Crippen molar-refractivity contribution in [2.24, 2.45) is 0 Å². The molecule has 0 saturated carbocycles. The molecule has 0 radical (unpaired) electrons. The van der Waals surface area contributed by atoms with Gasteiger partial charge in [-0.15, -0.1) is 0 Å². The van der Waals surface area contributed by atoms with Crippen LogP contribution in [0.15, 0.2) is 11.8 Å². The third-order valence-electron chi connectivity index (χ3n) is 1.46. The number of hydrogen-bond acceptors (Lipinski definition) is 4. The van der Waals surface area contributed by atoms with E-state index in [1.165, 1.54) is 0 Å². The lowest BCUT2D eigenvalue weighted by Gasteiger charge is -2.19. The van der Waals surface area contributed by atoms with E-state index >= 15 is 0 Å². The van der Waals surface area contributed by atoms with E-state index in [0.29, 0.717) is 5.70 Å². The summed E-state index contributed by atoms with van der Waals surface area (Å²) in [5, 5.41) is 11.1. The van der Waals surface area contributed by atoms with Gasteiger partial charge in [0.05, 0.1) is 0 Å². The molecule has 0 fully saturated rings. The molecule has 0 aromatic rings. The normalized spacial score (nSPS) is 13.3. The molecule has 1 unspecified atom stereocenters. The maximum Gasteiger partial charge on any atom is 0.411 e. The molecule has 0 aromatic carbocycles. The molecule has 1 amide bonds. The molecule has 0 aromatic heterocycles. The van der Waals surface area contributed by atoms with Crippen LogP contribution in [0.2, 0.25) is 0 Å². The first-order valence-electron chi connectivity index (χ1n) is 4.94. The summed E-state index contributed by atoms with van der Waals surface area (Å²) in [5.41, 5.74) is 0.0201. The number of aliphatic hydroxyl groups excluding tert-OH is 1. The molecule has 0 heterocycles. The molecule has 2 N–H and O–H groups in total. The molecule has 92 valence electrons. The molecule has 0 aliphatic carbocycles. The van der Waals surface area contributed by atoms with Crippen LogP contribution in [0.5, 0.6) is 0 Å². The van der Waals surface area contributed by atoms with Gasteiger partial charge in [0.2, 0.25) is 6.35 Å². The van der Waals surface area contributed by atoms with E-state index in [1.807, 2.05) is 0 Å². The summed E-state index contributed by atoms with van der Waals surface area (Å²) >= 11 is 0. The van der Waals surface area contributed by atoms with E-state index in [9.17, 15) is 9.36 Å². The maximum atomic E-state index is 11.3. The highest BCUT2D eigenvalue weighted by Gasteiger charge is 2.16. The fourth-order valence-electron chi connectivity index (χ4n) is 0.812. The number of rotatable bonds is 4. The fourth-order valence-corrected chi connectivity index (χ4v) is 1.41. The molecule has 0 saturated heterocycles. The van der Waals surface area contributed by atoms with Crippen LogP contribution in [-0.2, 0) is 9.30 Å². The van der Waals surface area contributed by atoms with Crippen molar-refractivity contribution < 1.29 is 19.2 Å². The van der Waals surface area contributed by atoms with Crippen molar-refractivity contribution in [1.82, 2.24) is 5.32 Å². The summed E-state index contributed by atoms with van der Waals surface area (Å²) in [4.78, 5) is 11.3. The van der Waals surface area contributed by atoms with Gasteiger partial charge in [0.1, 0.15) is 5.60 Å². The fraction of sp³-hybridized carbons (Fsp3) is 0.700. The quantitative estimate of drug-likeness (QED) is 0.748. The first-order valence-corrected chi connectivity index (χ1v) is 6.57. The van der Waals surface area contributed by atoms with Crippen molar-refractivity contribution in [2.45, 2.75) is 33.3 Å². The van der Waals surface area contributed by atoms with Crippen molar-refractivity contribution >= 4 is 13.9 Å². The Bertz CT molecular complexity index is 294. The van der Waals surface area contributed by atoms with Gasteiger partial charge in [0.15, 0.2) is 6.16 Å². The van der Waals surface area contributed by atoms with Gasteiger partial charge in [0, 0.05) is 5.70 Å². The molecule has 0 aliphatic rings. The summed E-state index contributed by atoms with van der Waals surface area (Å²) in [7, 11) is -1.63. The van der Waals surface area contributed by atoms with Gasteiger partial charge in [-0.1, -0.05) is 4.57 Å². The standard InChI is InChI=1S/C10H18NO4P/c1-8(5-6-16(14)7-12)11-9(13)15-10(2,3)4/h5,12H,6-7H2,1-4H3/p+1. The number of carbonyl (C=O) groups excluding carboxylic acids is 1. The van der Waals surface area contributed by atoms with Crippen LogP contribution in [-0.4, -0.2) is 29.3 Å². The van der Waals surface area contributed by atoms with Gasteiger partial charge >= 0.3 is 13.9 Å². The Morgan fingerprint density at radius 3 is 2.50 bits per heavy atom. The van der Waals surface area contributed by atoms with Gasteiger partial charge in [-0.3, -0.25) is 5.32 Å². The highest BCUT2D eigenvalue weighted by Crippen LogP contribution is 2.17. The molecule has 5 nitrogen and oxygen atoms in total. The van der Waals surface area contributed by atoms with E-state index in [1.54, 1.807) is 33.8 Å². The Balaban J connectivity index is 4.09. The van der Waals surface area contributed by atoms with E-state index in [4.69, 9.17) is 9.84 Å². The number of carbonyl (C=O) groups is 1. The number of allylic oxidation sites excluding steroid dienone is 2. The maximum absolute atomic E-state index is 11.3. The lowest BCUT2D eigenvalue weighted by molar-refractivity contribution is 0.0546. The van der Waals surface area contributed by atoms with Crippen LogP contribution in [0.25, 0.3) is 0 Å². The van der Waals surface area contributed by atoms with Gasteiger partial charge in [-0.05, 0) is 33.8 Å². The summed E-state index contributed by atoms with van der Waals surface area (Å²) in [6.45, 7) is 6.99. The van der Waals surface area contributed by atoms with Gasteiger partial charge < -0.3 is 9.84 Å². The Morgan fingerprint density at radius 1 is 1.50 bits per heavy atom. The van der Waals surface area contributed by atoms with Gasteiger partial charge in [-0.25, -0.2) is 4.79 Å². The average molecular weight is 248 g/mol. The summed E-state index contributed by atoms with van der Waals surface area (Å²) in [6.07, 6.45) is 0.957. The highest BCUT2D eigenvalue weighted by molar-refractivity contribution is 7.44. The zero-order chi connectivity index (χ0) is 12.8. The van der Waals surface area contributed by atoms with Crippen molar-refractivity contribution in [2.75, 3.05) is 12.5 Å². The zero-order valence-electron chi connectivity index (χ0n) is 10.1. The topological polar surface area (TPSA) is 75.6 Å². The predicted molar refractivity (Wildman–Crippen MR) is 62.7 cm³/mol. The smallest absolute Gasteiger partial charge is 0.411 e. The van der Waals surface area contributed by atoms with E-state index in [-0.39, 0.29) is 12.5 Å². The summed E-state index contributed by atoms with van der Waals surface area (Å²) in [5.74, 6) is 0. The monoisotopic (exact) mass is 248 g/mol. The second kappa shape index (κ2) is 6.61. The molecular weight excluding hydrogens is 229 g/mol. The number of amides is 1. The van der Waals surface area contributed by atoms with E-state index in [2.05, 4.69) is 5.32 Å². The number of aliphatic hydroxyl groups is 1. The van der Waals surface area contributed by atoms with Crippen LogP contribution >= 0.6 is 7.80 Å². The third kappa shape index (κ3) is 8.38. The van der Waals surface area contributed by atoms with Gasteiger partial charge in [-0.2, -0.15) is 0 Å². The number of alkyl carbamates (subject to hydrolysis) is 1. The van der Waals surface area contributed by atoms with Crippen LogP contribution in [0, 0.1) is 0 Å². The number of ether oxygens (including phenoxy) is 1. The summed E-state index contributed by atoms with van der Waals surface area (Å²) < 4.78 is 16.0. The largest absolute Gasteiger partial charge is 0.444 e. The molecule has 16 heavy (non-hydrogen) atoms. The second-order valence-corrected chi connectivity index (χ2v) is 5.93. The molecule has 0 aliphatic heterocycles. The highest BCUT2D eigenvalue weighted by atomic mass is 31.1. The molecule has 1 atom stereocenters. The molecule has 0 spiro atoms. The first-order chi connectivity index (χ1) is 7.24. The Morgan fingerprint density at radius 2 is 2.06 bits per heavy atom. The van der Waals surface area contributed by atoms with Gasteiger partial charge in [0.25, 0.3) is 0 Å². The summed E-state index contributed by atoms with van der Waals surface area (Å²) in [6, 6.07) is 0. The predicted octanol–water partition coefficient (Wildman–Crippen LogP) is 2.19. The minimum Gasteiger partial charge on any atom is -0.444 e. The van der Waals surface area contributed by atoms with Crippen LogP contribution in [0.1, 0.15) is 27.7 Å². The van der Waals surface area contributed by atoms with Crippen LogP contribution in [0.4, 0.5) is 4.79 Å². The molecule has 0 bridgehead atoms. The minimum absolute atomic E-state index is 0.244. The lowest BCUT2D eigenvalue weighted by atomic mass is 10.2. The van der Waals surface area contributed by atoms with Crippen molar-refractivity contribution in [3.05, 3.63) is 11.8 Å². The Labute approximate surface area is 96.7 Å². The second-order valence-electron chi connectivity index (χ2n) is 4.32. The van der Waals surface area contributed by atoms with E-state index in [0.717, 1.165) is 0 Å². The Hall–Kier alpha value is -0.930. The Kier molecular flexibility index (Phi) is 6.22. The van der Waals surface area contributed by atoms with Crippen molar-refractivity contribution in [3.8, 4) is 0 Å². The van der Waals surface area contributed by atoms with Crippen LogP contribution < -0.4 is 5.32 Å². The number of hydrogen-bond donors (Lipinski definition) is 2.